The minimum Gasteiger partial charge on any atom is -0.149 e. The third kappa shape index (κ3) is 3.51. The van der Waals surface area contributed by atoms with Crippen LogP contribution in [0, 0.1) is 13.8 Å². The van der Waals surface area contributed by atoms with Crippen molar-refractivity contribution >= 4 is 34.0 Å². The van der Waals surface area contributed by atoms with E-state index in [1.165, 1.54) is 37.8 Å². The monoisotopic (exact) mass is 378 g/mol. The van der Waals surface area contributed by atoms with E-state index in [0.29, 0.717) is 0 Å². The van der Waals surface area contributed by atoms with Gasteiger partial charge in [0.1, 0.15) is 0 Å². The summed E-state index contributed by atoms with van der Waals surface area (Å²) >= 11 is 7.67. The molecule has 0 nitrogen and oxygen atoms in total. The van der Waals surface area contributed by atoms with Gasteiger partial charge in [-0.05, 0) is 58.9 Å². The van der Waals surface area contributed by atoms with Gasteiger partial charge in [-0.25, -0.2) is 0 Å². The molecule has 0 saturated heterocycles. The number of aryl methyl sites for hydroxylation is 4. The zero-order chi connectivity index (χ0) is 18.7. The predicted octanol–water partition coefficient (Wildman–Crippen LogP) is 4.63. The fourth-order valence-electron chi connectivity index (χ4n) is 3.72. The van der Waals surface area contributed by atoms with Crippen LogP contribution in [0.5, 0.6) is 0 Å². The number of benzene rings is 3. The van der Waals surface area contributed by atoms with Crippen LogP contribution in [0.1, 0.15) is 36.1 Å². The number of hydrogen-bond donors (Lipinski definition) is 0. The molecule has 0 bridgehead atoms. The lowest BCUT2D eigenvalue weighted by Gasteiger charge is -2.29. The summed E-state index contributed by atoms with van der Waals surface area (Å²) in [6, 6.07) is 24.4. The van der Waals surface area contributed by atoms with E-state index in [0.717, 1.165) is 12.8 Å². The van der Waals surface area contributed by atoms with Gasteiger partial charge in [0.15, 0.2) is 0 Å². The molecule has 3 rings (SSSR count). The quantitative estimate of drug-likeness (QED) is 0.345. The Morgan fingerprint density at radius 2 is 1.35 bits per heavy atom. The highest BCUT2D eigenvalue weighted by atomic mass is 35.6. The lowest BCUT2D eigenvalue weighted by Crippen LogP contribution is -2.63. The normalized spacial score (nSPS) is 13.4. The van der Waals surface area contributed by atoms with Crippen molar-refractivity contribution in [2.45, 2.75) is 40.5 Å². The van der Waals surface area contributed by atoms with Crippen molar-refractivity contribution in [1.82, 2.24) is 0 Å². The van der Waals surface area contributed by atoms with Gasteiger partial charge in [-0.1, -0.05) is 86.1 Å². The minimum atomic E-state index is -2.57. The largest absolute Gasteiger partial charge is 0.248 e. The van der Waals surface area contributed by atoms with Crippen molar-refractivity contribution < 1.29 is 0 Å². The van der Waals surface area contributed by atoms with E-state index in [9.17, 15) is 0 Å². The summed E-state index contributed by atoms with van der Waals surface area (Å²) < 4.78 is 0. The Morgan fingerprint density at radius 3 is 1.88 bits per heavy atom. The fourth-order valence-corrected chi connectivity index (χ4v) is 8.36. The Morgan fingerprint density at radius 1 is 0.731 bits per heavy atom. The van der Waals surface area contributed by atoms with Crippen molar-refractivity contribution in [2.24, 2.45) is 0 Å². The summed E-state index contributed by atoms with van der Waals surface area (Å²) in [5.41, 5.74) is 5.31. The van der Waals surface area contributed by atoms with Crippen LogP contribution >= 0.6 is 11.1 Å². The van der Waals surface area contributed by atoms with Crippen LogP contribution in [0.4, 0.5) is 0 Å². The summed E-state index contributed by atoms with van der Waals surface area (Å²) in [6.07, 6.45) is 2.06. The third-order valence-corrected chi connectivity index (χ3v) is 10.6. The summed E-state index contributed by atoms with van der Waals surface area (Å²) in [7, 11) is -2.57. The van der Waals surface area contributed by atoms with Gasteiger partial charge >= 0.3 is 0 Å². The van der Waals surface area contributed by atoms with Crippen molar-refractivity contribution in [3.8, 4) is 0 Å². The highest BCUT2D eigenvalue weighted by molar-refractivity contribution is 7.40. The molecule has 0 aliphatic carbocycles. The Labute approximate surface area is 163 Å². The van der Waals surface area contributed by atoms with Crippen molar-refractivity contribution in [1.29, 1.82) is 0 Å². The Kier molecular flexibility index (Phi) is 5.69. The molecule has 0 amide bonds. The van der Waals surface area contributed by atoms with Crippen LogP contribution < -0.4 is 15.6 Å². The molecular formula is C24H27ClSi. The van der Waals surface area contributed by atoms with Gasteiger partial charge in [-0.3, -0.25) is 0 Å². The van der Waals surface area contributed by atoms with Gasteiger partial charge in [-0.2, -0.15) is 0 Å². The molecule has 0 spiro atoms. The van der Waals surface area contributed by atoms with Gasteiger partial charge in [0.05, 0.1) is 0 Å². The average Bonchev–Trinajstić information content (AvgIpc) is 2.67. The Balaban J connectivity index is 2.32. The molecule has 0 N–H and O–H groups in total. The summed E-state index contributed by atoms with van der Waals surface area (Å²) in [4.78, 5) is 0. The highest BCUT2D eigenvalue weighted by Gasteiger charge is 2.39. The van der Waals surface area contributed by atoms with Crippen LogP contribution in [-0.4, -0.2) is 7.38 Å². The number of halogens is 1. The second-order valence-corrected chi connectivity index (χ2v) is 11.8. The van der Waals surface area contributed by atoms with Crippen LogP contribution in [0.25, 0.3) is 0 Å². The Bertz CT molecular complexity index is 879. The van der Waals surface area contributed by atoms with Crippen molar-refractivity contribution in [3.05, 3.63) is 89.0 Å². The van der Waals surface area contributed by atoms with Crippen LogP contribution in [-0.2, 0) is 12.8 Å². The van der Waals surface area contributed by atoms with E-state index < -0.39 is 7.38 Å². The lowest BCUT2D eigenvalue weighted by molar-refractivity contribution is 1.09. The molecule has 0 aromatic heterocycles. The molecule has 0 radical (unpaired) electrons. The highest BCUT2D eigenvalue weighted by Crippen LogP contribution is 2.17. The molecule has 0 fully saturated rings. The maximum Gasteiger partial charge on any atom is 0.248 e. The first kappa shape index (κ1) is 18.9. The standard InChI is InChI=1S/C24H27ClSi/c1-5-20-15-21(6-2)17-23(16-20)26(25,22-10-8-7-9-11-22)24-13-12-18(3)14-19(24)4/h7-17H,5-6H2,1-4H3. The average molecular weight is 379 g/mol. The molecule has 3 aromatic rings. The maximum absolute atomic E-state index is 7.67. The topological polar surface area (TPSA) is 0 Å². The SMILES string of the molecule is CCc1cc(CC)cc([Si](Cl)(c2ccccc2)c2ccc(C)cc2C)c1. The fraction of sp³-hybridized carbons (Fsp3) is 0.250. The first-order valence-corrected chi connectivity index (χ1v) is 12.5. The second kappa shape index (κ2) is 7.81. The van der Waals surface area contributed by atoms with E-state index in [1.54, 1.807) is 0 Å². The van der Waals surface area contributed by atoms with Crippen molar-refractivity contribution in [3.63, 3.8) is 0 Å². The number of rotatable bonds is 5. The number of hydrogen-bond acceptors (Lipinski definition) is 0. The van der Waals surface area contributed by atoms with Gasteiger partial charge in [0, 0.05) is 0 Å². The van der Waals surface area contributed by atoms with Crippen LogP contribution in [0.2, 0.25) is 0 Å². The Hall–Kier alpha value is -1.83. The molecule has 134 valence electrons. The molecule has 0 saturated carbocycles. The van der Waals surface area contributed by atoms with Crippen LogP contribution in [0.3, 0.4) is 0 Å². The zero-order valence-corrected chi connectivity index (χ0v) is 17.9. The molecule has 26 heavy (non-hydrogen) atoms. The smallest absolute Gasteiger partial charge is 0.149 e. The van der Waals surface area contributed by atoms with Gasteiger partial charge < -0.3 is 0 Å². The molecule has 3 aromatic carbocycles. The van der Waals surface area contributed by atoms with Gasteiger partial charge in [-0.15, -0.1) is 11.1 Å². The zero-order valence-electron chi connectivity index (χ0n) is 16.1. The molecule has 0 heterocycles. The molecule has 1 atom stereocenters. The second-order valence-electron chi connectivity index (χ2n) is 7.09. The van der Waals surface area contributed by atoms with E-state index in [-0.39, 0.29) is 0 Å². The molecule has 2 heteroatoms. The summed E-state index contributed by atoms with van der Waals surface area (Å²) in [5, 5.41) is 3.85. The minimum absolute atomic E-state index is 1.03. The molecular weight excluding hydrogens is 352 g/mol. The summed E-state index contributed by atoms with van der Waals surface area (Å²) in [5.74, 6) is 0. The molecule has 1 unspecified atom stereocenters. The van der Waals surface area contributed by atoms with E-state index >= 15 is 0 Å². The maximum atomic E-state index is 7.67. The van der Waals surface area contributed by atoms with E-state index in [1.807, 2.05) is 0 Å². The predicted molar refractivity (Wildman–Crippen MR) is 118 cm³/mol. The molecule has 0 aliphatic rings. The van der Waals surface area contributed by atoms with Crippen LogP contribution in [0.15, 0.2) is 66.7 Å². The lowest BCUT2D eigenvalue weighted by atomic mass is 10.1. The van der Waals surface area contributed by atoms with Crippen molar-refractivity contribution in [2.75, 3.05) is 0 Å². The first-order chi connectivity index (χ1) is 12.5. The first-order valence-electron chi connectivity index (χ1n) is 9.44. The summed E-state index contributed by atoms with van der Waals surface area (Å²) in [6.45, 7) is 8.77. The van der Waals surface area contributed by atoms with Gasteiger partial charge in [0.25, 0.3) is 0 Å². The third-order valence-electron chi connectivity index (χ3n) is 5.19. The van der Waals surface area contributed by atoms with E-state index in [2.05, 4.69) is 94.4 Å². The van der Waals surface area contributed by atoms with Gasteiger partial charge in [0.2, 0.25) is 7.38 Å². The van der Waals surface area contributed by atoms with E-state index in [4.69, 9.17) is 11.1 Å². The molecule has 0 aliphatic heterocycles.